The van der Waals surface area contributed by atoms with Crippen LogP contribution in [0.25, 0.3) is 11.6 Å². The Kier molecular flexibility index (Phi) is 3.68. The van der Waals surface area contributed by atoms with Crippen LogP contribution < -0.4 is 0 Å². The van der Waals surface area contributed by atoms with Crippen LogP contribution in [0.4, 0.5) is 4.39 Å². The number of halogens is 1. The lowest BCUT2D eigenvalue weighted by Crippen LogP contribution is -2.15. The zero-order valence-electron chi connectivity index (χ0n) is 13.8. The van der Waals surface area contributed by atoms with Gasteiger partial charge in [0.1, 0.15) is 17.3 Å². The standard InChI is InChI=1S/C20H19FN2O/c1-12-7-14(10-16(21)8-12)15-9-13(2)19-18(11-15)23-20(24-19)17-5-3-4-6-22-17/h3-8,10,13,15H,9,11H2,1-2H3. The number of aryl methyl sites for hydroxylation is 1. The largest absolute Gasteiger partial charge is 0.439 e. The molecule has 2 heterocycles. The predicted octanol–water partition coefficient (Wildman–Crippen LogP) is 5.02. The van der Waals surface area contributed by atoms with Crippen molar-refractivity contribution >= 4 is 0 Å². The molecule has 0 bridgehead atoms. The van der Waals surface area contributed by atoms with E-state index in [0.717, 1.165) is 41.1 Å². The lowest BCUT2D eigenvalue weighted by Gasteiger charge is -2.25. The SMILES string of the molecule is Cc1cc(F)cc(C2Cc3nc(-c4ccccn4)oc3C(C)C2)c1. The summed E-state index contributed by atoms with van der Waals surface area (Å²) in [5.41, 5.74) is 3.73. The molecule has 1 aromatic carbocycles. The summed E-state index contributed by atoms with van der Waals surface area (Å²) < 4.78 is 19.7. The maximum atomic E-state index is 13.8. The molecule has 3 aromatic rings. The van der Waals surface area contributed by atoms with Crippen molar-refractivity contribution in [2.75, 3.05) is 0 Å². The number of benzene rings is 1. The summed E-state index contributed by atoms with van der Waals surface area (Å²) >= 11 is 0. The van der Waals surface area contributed by atoms with E-state index in [1.807, 2.05) is 25.1 Å². The third-order valence-electron chi connectivity index (χ3n) is 4.67. The van der Waals surface area contributed by atoms with E-state index in [2.05, 4.69) is 23.0 Å². The molecule has 2 atom stereocenters. The predicted molar refractivity (Wildman–Crippen MR) is 90.3 cm³/mol. The van der Waals surface area contributed by atoms with E-state index in [-0.39, 0.29) is 17.7 Å². The van der Waals surface area contributed by atoms with Gasteiger partial charge in [0.05, 0.1) is 5.69 Å². The monoisotopic (exact) mass is 322 g/mol. The van der Waals surface area contributed by atoms with E-state index in [1.54, 1.807) is 18.3 Å². The molecule has 4 heteroatoms. The van der Waals surface area contributed by atoms with Crippen LogP contribution >= 0.6 is 0 Å². The Balaban J connectivity index is 1.68. The second-order valence-electron chi connectivity index (χ2n) is 6.64. The summed E-state index contributed by atoms with van der Waals surface area (Å²) in [5, 5.41) is 0. The Bertz CT molecular complexity index is 852. The van der Waals surface area contributed by atoms with Crippen molar-refractivity contribution in [3.8, 4) is 11.6 Å². The van der Waals surface area contributed by atoms with Gasteiger partial charge in [0.25, 0.3) is 0 Å². The molecule has 24 heavy (non-hydrogen) atoms. The van der Waals surface area contributed by atoms with Crippen molar-refractivity contribution in [3.05, 3.63) is 71.0 Å². The molecule has 2 unspecified atom stereocenters. The highest BCUT2D eigenvalue weighted by Gasteiger charge is 2.31. The second-order valence-corrected chi connectivity index (χ2v) is 6.64. The van der Waals surface area contributed by atoms with Crippen LogP contribution in [0, 0.1) is 12.7 Å². The van der Waals surface area contributed by atoms with Crippen LogP contribution in [-0.2, 0) is 6.42 Å². The van der Waals surface area contributed by atoms with Gasteiger partial charge in [-0.15, -0.1) is 0 Å². The Morgan fingerprint density at radius 1 is 1.21 bits per heavy atom. The third kappa shape index (κ3) is 2.73. The molecule has 1 aliphatic carbocycles. The highest BCUT2D eigenvalue weighted by molar-refractivity contribution is 5.48. The Morgan fingerprint density at radius 2 is 2.08 bits per heavy atom. The van der Waals surface area contributed by atoms with Gasteiger partial charge in [-0.2, -0.15) is 0 Å². The first-order chi connectivity index (χ1) is 11.6. The average Bonchev–Trinajstić information content (AvgIpc) is 2.99. The van der Waals surface area contributed by atoms with E-state index >= 15 is 0 Å². The van der Waals surface area contributed by atoms with E-state index in [0.29, 0.717) is 5.89 Å². The molecule has 1 aliphatic rings. The molecular formula is C20H19FN2O. The van der Waals surface area contributed by atoms with Gasteiger partial charge >= 0.3 is 0 Å². The molecular weight excluding hydrogens is 303 g/mol. The summed E-state index contributed by atoms with van der Waals surface area (Å²) in [5.74, 6) is 1.87. The zero-order chi connectivity index (χ0) is 16.7. The molecule has 3 nitrogen and oxygen atoms in total. The van der Waals surface area contributed by atoms with E-state index in [9.17, 15) is 4.39 Å². The summed E-state index contributed by atoms with van der Waals surface area (Å²) in [7, 11) is 0. The maximum Gasteiger partial charge on any atom is 0.245 e. The van der Waals surface area contributed by atoms with Crippen LogP contribution in [-0.4, -0.2) is 9.97 Å². The minimum Gasteiger partial charge on any atom is -0.439 e. The number of hydrogen-bond donors (Lipinski definition) is 0. The smallest absolute Gasteiger partial charge is 0.245 e. The Morgan fingerprint density at radius 3 is 2.83 bits per heavy atom. The molecule has 0 saturated heterocycles. The van der Waals surface area contributed by atoms with Crippen molar-refractivity contribution < 1.29 is 8.81 Å². The number of nitrogens with zero attached hydrogens (tertiary/aromatic N) is 2. The molecule has 0 saturated carbocycles. The van der Waals surface area contributed by atoms with Gasteiger partial charge in [-0.25, -0.2) is 9.37 Å². The van der Waals surface area contributed by atoms with Crippen molar-refractivity contribution in [1.29, 1.82) is 0 Å². The molecule has 0 aliphatic heterocycles. The molecule has 2 aromatic heterocycles. The fraction of sp³-hybridized carbons (Fsp3) is 0.300. The Hall–Kier alpha value is -2.49. The zero-order valence-corrected chi connectivity index (χ0v) is 13.8. The van der Waals surface area contributed by atoms with Crippen molar-refractivity contribution in [1.82, 2.24) is 9.97 Å². The lowest BCUT2D eigenvalue weighted by atomic mass is 9.79. The quantitative estimate of drug-likeness (QED) is 0.665. The third-order valence-corrected chi connectivity index (χ3v) is 4.67. The van der Waals surface area contributed by atoms with Crippen molar-refractivity contribution in [3.63, 3.8) is 0 Å². The van der Waals surface area contributed by atoms with Gasteiger partial charge < -0.3 is 4.42 Å². The van der Waals surface area contributed by atoms with Crippen molar-refractivity contribution in [2.24, 2.45) is 0 Å². The number of fused-ring (bicyclic) bond motifs is 1. The van der Waals surface area contributed by atoms with Gasteiger partial charge in [-0.1, -0.05) is 19.1 Å². The topological polar surface area (TPSA) is 38.9 Å². The fourth-order valence-electron chi connectivity index (χ4n) is 3.60. The molecule has 4 rings (SSSR count). The van der Waals surface area contributed by atoms with Gasteiger partial charge in [-0.05, 0) is 54.7 Å². The van der Waals surface area contributed by atoms with E-state index in [1.165, 1.54) is 0 Å². The van der Waals surface area contributed by atoms with E-state index < -0.39 is 0 Å². The highest BCUT2D eigenvalue weighted by Crippen LogP contribution is 2.41. The van der Waals surface area contributed by atoms with Gasteiger partial charge in [-0.3, -0.25) is 4.98 Å². The lowest BCUT2D eigenvalue weighted by molar-refractivity contribution is 0.414. The number of aromatic nitrogens is 2. The fourth-order valence-corrected chi connectivity index (χ4v) is 3.60. The summed E-state index contributed by atoms with van der Waals surface area (Å²) in [4.78, 5) is 8.98. The number of hydrogen-bond acceptors (Lipinski definition) is 3. The summed E-state index contributed by atoms with van der Waals surface area (Å²) in [6.45, 7) is 4.07. The molecule has 122 valence electrons. The summed E-state index contributed by atoms with van der Waals surface area (Å²) in [6.07, 6.45) is 3.45. The molecule has 0 fully saturated rings. The minimum absolute atomic E-state index is 0.169. The Labute approximate surface area is 140 Å². The molecule has 0 radical (unpaired) electrons. The first-order valence-electron chi connectivity index (χ1n) is 8.28. The first-order valence-corrected chi connectivity index (χ1v) is 8.28. The van der Waals surface area contributed by atoms with Gasteiger partial charge in [0.2, 0.25) is 5.89 Å². The van der Waals surface area contributed by atoms with Gasteiger partial charge in [0, 0.05) is 18.5 Å². The van der Waals surface area contributed by atoms with Crippen LogP contribution in [0.3, 0.4) is 0 Å². The number of oxazole rings is 1. The number of pyridine rings is 1. The minimum atomic E-state index is -0.169. The summed E-state index contributed by atoms with van der Waals surface area (Å²) in [6, 6.07) is 11.0. The highest BCUT2D eigenvalue weighted by atomic mass is 19.1. The molecule has 0 amide bonds. The first kappa shape index (κ1) is 15.1. The van der Waals surface area contributed by atoms with Crippen LogP contribution in [0.1, 0.15) is 47.8 Å². The molecule has 0 N–H and O–H groups in total. The average molecular weight is 322 g/mol. The maximum absolute atomic E-state index is 13.8. The van der Waals surface area contributed by atoms with Crippen molar-refractivity contribution in [2.45, 2.75) is 38.5 Å². The van der Waals surface area contributed by atoms with Crippen LogP contribution in [0.15, 0.2) is 47.0 Å². The normalized spacial score (nSPS) is 20.0. The molecule has 0 spiro atoms. The van der Waals surface area contributed by atoms with E-state index in [4.69, 9.17) is 4.42 Å². The second kappa shape index (κ2) is 5.86. The van der Waals surface area contributed by atoms with Gasteiger partial charge in [0.15, 0.2) is 0 Å². The number of rotatable bonds is 2. The van der Waals surface area contributed by atoms with Crippen LogP contribution in [0.2, 0.25) is 0 Å². The van der Waals surface area contributed by atoms with Crippen LogP contribution in [0.5, 0.6) is 0 Å².